The number of amides is 1. The van der Waals surface area contributed by atoms with Crippen molar-refractivity contribution in [2.24, 2.45) is 0 Å². The highest BCUT2D eigenvalue weighted by Crippen LogP contribution is 2.13. The van der Waals surface area contributed by atoms with E-state index in [9.17, 15) is 4.79 Å². The molecule has 4 heteroatoms. The van der Waals surface area contributed by atoms with Gasteiger partial charge in [-0.15, -0.1) is 12.4 Å². The first-order valence-electron chi connectivity index (χ1n) is 6.76. The van der Waals surface area contributed by atoms with Crippen LogP contribution in [0.3, 0.4) is 0 Å². The molecule has 1 fully saturated rings. The first kappa shape index (κ1) is 16.0. The molecular formula is C15H23ClN2O. The Kier molecular flexibility index (Phi) is 6.32. The summed E-state index contributed by atoms with van der Waals surface area (Å²) in [4.78, 5) is 12.1. The van der Waals surface area contributed by atoms with E-state index in [0.717, 1.165) is 36.2 Å². The molecule has 1 aromatic rings. The summed E-state index contributed by atoms with van der Waals surface area (Å²) in [5.41, 5.74) is 2.93. The second-order valence-electron chi connectivity index (χ2n) is 5.10. The quantitative estimate of drug-likeness (QED) is 0.891. The lowest BCUT2D eigenvalue weighted by molar-refractivity contribution is 0.0951. The highest BCUT2D eigenvalue weighted by atomic mass is 35.5. The van der Waals surface area contributed by atoms with Crippen LogP contribution >= 0.6 is 12.4 Å². The maximum Gasteiger partial charge on any atom is 0.251 e. The van der Waals surface area contributed by atoms with Crippen LogP contribution in [0.4, 0.5) is 0 Å². The molecule has 0 aliphatic carbocycles. The summed E-state index contributed by atoms with van der Waals surface area (Å²) >= 11 is 0. The molecular weight excluding hydrogens is 260 g/mol. The van der Waals surface area contributed by atoms with Crippen LogP contribution in [0.15, 0.2) is 18.2 Å². The lowest BCUT2D eigenvalue weighted by atomic mass is 10.0. The van der Waals surface area contributed by atoms with E-state index in [2.05, 4.69) is 10.6 Å². The second-order valence-corrected chi connectivity index (χ2v) is 5.10. The van der Waals surface area contributed by atoms with Crippen molar-refractivity contribution in [2.45, 2.75) is 39.2 Å². The van der Waals surface area contributed by atoms with Crippen molar-refractivity contribution in [3.8, 4) is 0 Å². The van der Waals surface area contributed by atoms with Gasteiger partial charge in [-0.3, -0.25) is 4.79 Å². The van der Waals surface area contributed by atoms with Gasteiger partial charge in [0.2, 0.25) is 0 Å². The Morgan fingerprint density at radius 2 is 2.05 bits per heavy atom. The largest absolute Gasteiger partial charge is 0.352 e. The third-order valence-electron chi connectivity index (χ3n) is 3.65. The summed E-state index contributed by atoms with van der Waals surface area (Å²) in [6.07, 6.45) is 3.52. The van der Waals surface area contributed by atoms with E-state index in [-0.39, 0.29) is 18.3 Å². The molecule has 2 rings (SSSR count). The van der Waals surface area contributed by atoms with Gasteiger partial charge >= 0.3 is 0 Å². The number of nitrogens with one attached hydrogen (secondary N) is 2. The Hall–Kier alpha value is -1.06. The van der Waals surface area contributed by atoms with Crippen molar-refractivity contribution < 1.29 is 4.79 Å². The molecule has 1 amide bonds. The molecule has 0 saturated carbocycles. The molecule has 1 atom stereocenters. The molecule has 1 saturated heterocycles. The second kappa shape index (κ2) is 7.51. The van der Waals surface area contributed by atoms with E-state index in [0.29, 0.717) is 6.04 Å². The highest BCUT2D eigenvalue weighted by molar-refractivity contribution is 5.97. The molecule has 1 heterocycles. The number of hydrogen-bond donors (Lipinski definition) is 2. The van der Waals surface area contributed by atoms with Crippen molar-refractivity contribution in [3.63, 3.8) is 0 Å². The molecule has 1 aromatic carbocycles. The van der Waals surface area contributed by atoms with Crippen molar-refractivity contribution in [1.82, 2.24) is 10.6 Å². The van der Waals surface area contributed by atoms with Crippen molar-refractivity contribution in [3.05, 3.63) is 34.9 Å². The first-order valence-corrected chi connectivity index (χ1v) is 6.76. The van der Waals surface area contributed by atoms with Crippen LogP contribution in [0, 0.1) is 13.8 Å². The maximum atomic E-state index is 12.1. The number of carbonyl (C=O) groups excluding carboxylic acids is 1. The van der Waals surface area contributed by atoms with Gasteiger partial charge in [0.1, 0.15) is 0 Å². The zero-order chi connectivity index (χ0) is 13.0. The van der Waals surface area contributed by atoms with Crippen molar-refractivity contribution in [1.29, 1.82) is 0 Å². The molecule has 0 radical (unpaired) electrons. The highest BCUT2D eigenvalue weighted by Gasteiger charge is 2.15. The fraction of sp³-hybridized carbons (Fsp3) is 0.533. The molecule has 3 nitrogen and oxygen atoms in total. The molecule has 2 N–H and O–H groups in total. The molecule has 1 aliphatic heterocycles. The third-order valence-corrected chi connectivity index (χ3v) is 3.65. The fourth-order valence-corrected chi connectivity index (χ4v) is 2.62. The Balaban J connectivity index is 0.00000180. The molecule has 1 aliphatic rings. The minimum absolute atomic E-state index is 0. The smallest absolute Gasteiger partial charge is 0.251 e. The average molecular weight is 283 g/mol. The fourth-order valence-electron chi connectivity index (χ4n) is 2.62. The predicted molar refractivity (Wildman–Crippen MR) is 81.1 cm³/mol. The molecule has 106 valence electrons. The topological polar surface area (TPSA) is 41.1 Å². The Morgan fingerprint density at radius 3 is 2.63 bits per heavy atom. The Morgan fingerprint density at radius 1 is 1.37 bits per heavy atom. The Bertz CT molecular complexity index is 408. The summed E-state index contributed by atoms with van der Waals surface area (Å²) in [5, 5.41) is 6.47. The van der Waals surface area contributed by atoms with Crippen LogP contribution in [0.2, 0.25) is 0 Å². The lowest BCUT2D eigenvalue weighted by Gasteiger charge is -2.13. The van der Waals surface area contributed by atoms with E-state index in [1.807, 2.05) is 32.0 Å². The third kappa shape index (κ3) is 4.22. The minimum Gasteiger partial charge on any atom is -0.352 e. The monoisotopic (exact) mass is 282 g/mol. The van der Waals surface area contributed by atoms with Crippen molar-refractivity contribution >= 4 is 18.3 Å². The van der Waals surface area contributed by atoms with E-state index in [4.69, 9.17) is 0 Å². The first-order chi connectivity index (χ1) is 8.68. The summed E-state index contributed by atoms with van der Waals surface area (Å²) in [6, 6.07) is 6.55. The van der Waals surface area contributed by atoms with Gasteiger partial charge in [0.05, 0.1) is 0 Å². The van der Waals surface area contributed by atoms with Gasteiger partial charge in [0.25, 0.3) is 5.91 Å². The van der Waals surface area contributed by atoms with Crippen LogP contribution in [-0.4, -0.2) is 25.0 Å². The lowest BCUT2D eigenvalue weighted by Crippen LogP contribution is -2.31. The Labute approximate surface area is 121 Å². The number of carbonyl (C=O) groups is 1. The van der Waals surface area contributed by atoms with E-state index in [1.54, 1.807) is 0 Å². The number of rotatable bonds is 4. The van der Waals surface area contributed by atoms with Gasteiger partial charge in [-0.1, -0.05) is 18.2 Å². The summed E-state index contributed by atoms with van der Waals surface area (Å²) in [5.74, 6) is 0.0589. The number of halogens is 1. The van der Waals surface area contributed by atoms with E-state index in [1.165, 1.54) is 12.8 Å². The molecule has 0 aromatic heterocycles. The van der Waals surface area contributed by atoms with Crippen LogP contribution in [0.5, 0.6) is 0 Å². The van der Waals surface area contributed by atoms with E-state index < -0.39 is 0 Å². The van der Waals surface area contributed by atoms with Gasteiger partial charge < -0.3 is 10.6 Å². The average Bonchev–Trinajstić information content (AvgIpc) is 2.82. The summed E-state index contributed by atoms with van der Waals surface area (Å²) < 4.78 is 0. The molecule has 0 spiro atoms. The normalized spacial score (nSPS) is 17.9. The molecule has 0 unspecified atom stereocenters. The van der Waals surface area contributed by atoms with Crippen molar-refractivity contribution in [2.75, 3.05) is 13.1 Å². The van der Waals surface area contributed by atoms with Gasteiger partial charge in [-0.2, -0.15) is 0 Å². The van der Waals surface area contributed by atoms with Gasteiger partial charge in [0, 0.05) is 18.2 Å². The molecule has 0 bridgehead atoms. The van der Waals surface area contributed by atoms with Crippen LogP contribution < -0.4 is 10.6 Å². The number of aryl methyl sites for hydroxylation is 2. The maximum absolute atomic E-state index is 12.1. The zero-order valence-electron chi connectivity index (χ0n) is 11.7. The van der Waals surface area contributed by atoms with Gasteiger partial charge in [0.15, 0.2) is 0 Å². The van der Waals surface area contributed by atoms with Gasteiger partial charge in [-0.05, 0) is 50.8 Å². The van der Waals surface area contributed by atoms with Crippen LogP contribution in [-0.2, 0) is 0 Å². The van der Waals surface area contributed by atoms with E-state index >= 15 is 0 Å². The predicted octanol–water partition coefficient (Wildman–Crippen LogP) is 2.60. The number of hydrogen-bond acceptors (Lipinski definition) is 2. The standard InChI is InChI=1S/C15H22N2O.ClH/c1-11-5-3-6-12(2)14(11)15(18)17-10-8-13-7-4-9-16-13;/h3,5-6,13,16H,4,7-10H2,1-2H3,(H,17,18);1H/t13-;/m1./s1. The SMILES string of the molecule is Cc1cccc(C)c1C(=O)NCC[C@H]1CCCN1.Cl. The van der Waals surface area contributed by atoms with Gasteiger partial charge in [-0.25, -0.2) is 0 Å². The van der Waals surface area contributed by atoms with Crippen LogP contribution in [0.1, 0.15) is 40.7 Å². The zero-order valence-corrected chi connectivity index (χ0v) is 12.5. The summed E-state index contributed by atoms with van der Waals surface area (Å²) in [7, 11) is 0. The molecule has 19 heavy (non-hydrogen) atoms. The number of benzene rings is 1. The summed E-state index contributed by atoms with van der Waals surface area (Å²) in [6.45, 7) is 5.85. The van der Waals surface area contributed by atoms with Crippen LogP contribution in [0.25, 0.3) is 0 Å². The minimum atomic E-state index is 0.